The SMILES string of the molecule is CCN(C[C@@H]1CCCO1)S(=O)(=O)c1ccccc1-c1ccccc1. The fraction of sp³-hybridized carbons (Fsp3) is 0.368. The Balaban J connectivity index is 1.97. The highest BCUT2D eigenvalue weighted by Crippen LogP contribution is 2.29. The van der Waals surface area contributed by atoms with Gasteiger partial charge >= 0.3 is 0 Å². The molecule has 0 spiro atoms. The Kier molecular flexibility index (Phi) is 5.33. The molecule has 0 saturated carbocycles. The molecule has 3 rings (SSSR count). The predicted molar refractivity (Wildman–Crippen MR) is 95.3 cm³/mol. The fourth-order valence-electron chi connectivity index (χ4n) is 3.10. The monoisotopic (exact) mass is 345 g/mol. The smallest absolute Gasteiger partial charge is 0.243 e. The lowest BCUT2D eigenvalue weighted by Crippen LogP contribution is -2.37. The second-order valence-corrected chi connectivity index (χ2v) is 7.86. The Morgan fingerprint density at radius 3 is 2.46 bits per heavy atom. The summed E-state index contributed by atoms with van der Waals surface area (Å²) in [7, 11) is -3.56. The first kappa shape index (κ1) is 17.1. The molecule has 0 amide bonds. The van der Waals surface area contributed by atoms with E-state index in [0.29, 0.717) is 18.0 Å². The Hall–Kier alpha value is -1.69. The molecule has 0 bridgehead atoms. The minimum Gasteiger partial charge on any atom is -0.377 e. The Bertz CT molecular complexity index is 768. The van der Waals surface area contributed by atoms with Crippen LogP contribution in [0.1, 0.15) is 19.8 Å². The van der Waals surface area contributed by atoms with Gasteiger partial charge in [0.25, 0.3) is 0 Å². The third-order valence-corrected chi connectivity index (χ3v) is 6.37. The van der Waals surface area contributed by atoms with Crippen LogP contribution in [-0.4, -0.2) is 38.5 Å². The molecule has 0 aromatic heterocycles. The maximum atomic E-state index is 13.2. The van der Waals surface area contributed by atoms with Crippen molar-refractivity contribution in [2.24, 2.45) is 0 Å². The summed E-state index contributed by atoms with van der Waals surface area (Å²) in [6.07, 6.45) is 1.93. The second kappa shape index (κ2) is 7.47. The number of hydrogen-bond donors (Lipinski definition) is 0. The van der Waals surface area contributed by atoms with Crippen LogP contribution < -0.4 is 0 Å². The van der Waals surface area contributed by atoms with Crippen molar-refractivity contribution in [2.75, 3.05) is 19.7 Å². The zero-order chi connectivity index (χ0) is 17.0. The van der Waals surface area contributed by atoms with Crippen molar-refractivity contribution in [1.29, 1.82) is 0 Å². The maximum absolute atomic E-state index is 13.2. The molecule has 1 aliphatic heterocycles. The van der Waals surface area contributed by atoms with Crippen molar-refractivity contribution >= 4 is 10.0 Å². The molecule has 4 nitrogen and oxygen atoms in total. The van der Waals surface area contributed by atoms with E-state index in [-0.39, 0.29) is 6.10 Å². The van der Waals surface area contributed by atoms with Gasteiger partial charge < -0.3 is 4.74 Å². The van der Waals surface area contributed by atoms with Gasteiger partial charge in [-0.1, -0.05) is 55.5 Å². The third-order valence-electron chi connectivity index (χ3n) is 4.37. The van der Waals surface area contributed by atoms with Crippen molar-refractivity contribution in [3.8, 4) is 11.1 Å². The third kappa shape index (κ3) is 3.53. The minimum atomic E-state index is -3.56. The Morgan fingerprint density at radius 2 is 1.79 bits per heavy atom. The van der Waals surface area contributed by atoms with E-state index in [1.165, 1.54) is 4.31 Å². The van der Waals surface area contributed by atoms with Crippen molar-refractivity contribution in [3.05, 3.63) is 54.6 Å². The van der Waals surface area contributed by atoms with Gasteiger partial charge in [0, 0.05) is 25.3 Å². The molecule has 5 heteroatoms. The van der Waals surface area contributed by atoms with E-state index in [9.17, 15) is 8.42 Å². The van der Waals surface area contributed by atoms with Crippen LogP contribution in [0.15, 0.2) is 59.5 Å². The Morgan fingerprint density at radius 1 is 1.08 bits per heavy atom. The maximum Gasteiger partial charge on any atom is 0.243 e. The molecule has 128 valence electrons. The van der Waals surface area contributed by atoms with Gasteiger partial charge in [-0.05, 0) is 24.5 Å². The lowest BCUT2D eigenvalue weighted by atomic mass is 10.1. The summed E-state index contributed by atoms with van der Waals surface area (Å²) in [5, 5.41) is 0. The molecule has 1 heterocycles. The van der Waals surface area contributed by atoms with Gasteiger partial charge in [-0.2, -0.15) is 4.31 Å². The van der Waals surface area contributed by atoms with Crippen LogP contribution in [0.4, 0.5) is 0 Å². The van der Waals surface area contributed by atoms with Crippen LogP contribution >= 0.6 is 0 Å². The van der Waals surface area contributed by atoms with E-state index in [1.54, 1.807) is 12.1 Å². The quantitative estimate of drug-likeness (QED) is 0.804. The lowest BCUT2D eigenvalue weighted by molar-refractivity contribution is 0.0947. The summed E-state index contributed by atoms with van der Waals surface area (Å²) in [5.41, 5.74) is 1.65. The van der Waals surface area contributed by atoms with E-state index >= 15 is 0 Å². The van der Waals surface area contributed by atoms with E-state index in [2.05, 4.69) is 0 Å². The molecule has 1 aliphatic rings. The molecule has 0 radical (unpaired) electrons. The zero-order valence-corrected chi connectivity index (χ0v) is 14.7. The Labute approximate surface area is 144 Å². The average molecular weight is 345 g/mol. The number of rotatable bonds is 6. The number of ether oxygens (including phenoxy) is 1. The molecule has 1 saturated heterocycles. The normalized spacial score (nSPS) is 18.2. The number of benzene rings is 2. The van der Waals surface area contributed by atoms with E-state index in [1.807, 2.05) is 49.4 Å². The summed E-state index contributed by atoms with van der Waals surface area (Å²) in [6.45, 7) is 3.45. The molecular weight excluding hydrogens is 322 g/mol. The van der Waals surface area contributed by atoms with Crippen molar-refractivity contribution in [1.82, 2.24) is 4.31 Å². The van der Waals surface area contributed by atoms with Gasteiger partial charge in [0.15, 0.2) is 0 Å². The molecule has 0 N–H and O–H groups in total. The highest BCUT2D eigenvalue weighted by Gasteiger charge is 2.29. The van der Waals surface area contributed by atoms with Crippen LogP contribution in [0.5, 0.6) is 0 Å². The fourth-order valence-corrected chi connectivity index (χ4v) is 4.79. The van der Waals surface area contributed by atoms with Gasteiger partial charge in [0.05, 0.1) is 11.0 Å². The summed E-state index contributed by atoms with van der Waals surface area (Å²) in [5.74, 6) is 0. The van der Waals surface area contributed by atoms with Gasteiger partial charge in [0.2, 0.25) is 10.0 Å². The zero-order valence-electron chi connectivity index (χ0n) is 13.9. The first-order chi connectivity index (χ1) is 11.6. The molecule has 1 fully saturated rings. The predicted octanol–water partition coefficient (Wildman–Crippen LogP) is 3.54. The first-order valence-electron chi connectivity index (χ1n) is 8.39. The topological polar surface area (TPSA) is 46.6 Å². The van der Waals surface area contributed by atoms with Gasteiger partial charge in [-0.25, -0.2) is 8.42 Å². The van der Waals surface area contributed by atoms with Crippen LogP contribution in [0.2, 0.25) is 0 Å². The van der Waals surface area contributed by atoms with Crippen molar-refractivity contribution in [2.45, 2.75) is 30.8 Å². The van der Waals surface area contributed by atoms with Crippen molar-refractivity contribution < 1.29 is 13.2 Å². The largest absolute Gasteiger partial charge is 0.377 e. The van der Waals surface area contributed by atoms with E-state index in [0.717, 1.165) is 30.6 Å². The average Bonchev–Trinajstić information content (AvgIpc) is 3.13. The summed E-state index contributed by atoms with van der Waals surface area (Å²) in [6, 6.07) is 16.8. The van der Waals surface area contributed by atoms with Gasteiger partial charge in [-0.15, -0.1) is 0 Å². The summed E-state index contributed by atoms with van der Waals surface area (Å²) in [4.78, 5) is 0.357. The highest BCUT2D eigenvalue weighted by molar-refractivity contribution is 7.89. The summed E-state index contributed by atoms with van der Waals surface area (Å²) >= 11 is 0. The highest BCUT2D eigenvalue weighted by atomic mass is 32.2. The molecular formula is C19H23NO3S. The van der Waals surface area contributed by atoms with Gasteiger partial charge in [-0.3, -0.25) is 0 Å². The van der Waals surface area contributed by atoms with Crippen LogP contribution in [0.3, 0.4) is 0 Å². The molecule has 0 aliphatic carbocycles. The number of hydrogen-bond acceptors (Lipinski definition) is 3. The van der Waals surface area contributed by atoms with Gasteiger partial charge in [0.1, 0.15) is 0 Å². The molecule has 24 heavy (non-hydrogen) atoms. The molecule has 2 aromatic carbocycles. The van der Waals surface area contributed by atoms with Crippen molar-refractivity contribution in [3.63, 3.8) is 0 Å². The van der Waals surface area contributed by atoms with Crippen LogP contribution in [-0.2, 0) is 14.8 Å². The minimum absolute atomic E-state index is 0.00334. The molecule has 0 unspecified atom stereocenters. The second-order valence-electron chi connectivity index (χ2n) is 5.95. The number of sulfonamides is 1. The number of nitrogens with zero attached hydrogens (tertiary/aromatic N) is 1. The van der Waals surface area contributed by atoms with E-state index < -0.39 is 10.0 Å². The first-order valence-corrected chi connectivity index (χ1v) is 9.83. The number of likely N-dealkylation sites (N-methyl/N-ethyl adjacent to an activating group) is 1. The lowest BCUT2D eigenvalue weighted by Gasteiger charge is -2.24. The van der Waals surface area contributed by atoms with Crippen LogP contribution in [0.25, 0.3) is 11.1 Å². The standard InChI is InChI=1S/C19H23NO3S/c1-2-20(15-17-11-8-14-23-17)24(21,22)19-13-7-6-12-18(19)16-9-4-3-5-10-16/h3-7,9-10,12-13,17H,2,8,11,14-15H2,1H3/t17-/m0/s1. The summed E-state index contributed by atoms with van der Waals surface area (Å²) < 4.78 is 33.6. The molecule has 2 aromatic rings. The van der Waals surface area contributed by atoms with Crippen LogP contribution in [0, 0.1) is 0 Å². The molecule has 1 atom stereocenters. The van der Waals surface area contributed by atoms with E-state index in [4.69, 9.17) is 4.74 Å².